The first kappa shape index (κ1) is 15.4. The lowest BCUT2D eigenvalue weighted by molar-refractivity contribution is -0.169. The minimum atomic E-state index is -0.859. The maximum atomic E-state index is 11.2. The number of carboxylic acids is 1. The highest BCUT2D eigenvalue weighted by Gasteiger charge is 2.38. The van der Waals surface area contributed by atoms with Crippen molar-refractivity contribution in [2.45, 2.75) is 70.5 Å². The molecule has 1 saturated carbocycles. The predicted molar refractivity (Wildman–Crippen MR) is 71.5 cm³/mol. The average Bonchev–Trinajstić information content (AvgIpc) is 2.39. The fourth-order valence-corrected chi connectivity index (χ4v) is 2.78. The standard InChI is InChI=1S/C14H27NO3/c1-3-5-12(13(16)17)18-14(10-15)8-6-11(4-2)7-9-14/h11-12H,3-10,15H2,1-2H3,(H,16,17). The van der Waals surface area contributed by atoms with Crippen molar-refractivity contribution in [2.75, 3.05) is 6.54 Å². The summed E-state index contributed by atoms with van der Waals surface area (Å²) in [4.78, 5) is 11.2. The molecule has 0 aromatic heterocycles. The molecule has 1 unspecified atom stereocenters. The van der Waals surface area contributed by atoms with Crippen LogP contribution in [0.5, 0.6) is 0 Å². The summed E-state index contributed by atoms with van der Waals surface area (Å²) >= 11 is 0. The molecule has 0 bridgehead atoms. The van der Waals surface area contributed by atoms with Crippen molar-refractivity contribution in [1.82, 2.24) is 0 Å². The van der Waals surface area contributed by atoms with Crippen LogP contribution in [0.4, 0.5) is 0 Å². The van der Waals surface area contributed by atoms with Gasteiger partial charge < -0.3 is 15.6 Å². The molecule has 1 rings (SSSR count). The Morgan fingerprint density at radius 2 is 2.06 bits per heavy atom. The van der Waals surface area contributed by atoms with E-state index in [1.807, 2.05) is 6.92 Å². The summed E-state index contributed by atoms with van der Waals surface area (Å²) in [6.07, 6.45) is 5.88. The Labute approximate surface area is 110 Å². The first-order valence-corrected chi connectivity index (χ1v) is 7.17. The largest absolute Gasteiger partial charge is 0.479 e. The Hall–Kier alpha value is -0.610. The Morgan fingerprint density at radius 1 is 1.44 bits per heavy atom. The van der Waals surface area contributed by atoms with E-state index in [1.54, 1.807) is 0 Å². The monoisotopic (exact) mass is 257 g/mol. The van der Waals surface area contributed by atoms with Gasteiger partial charge in [-0.3, -0.25) is 0 Å². The molecule has 3 N–H and O–H groups in total. The van der Waals surface area contributed by atoms with Gasteiger partial charge in [0.25, 0.3) is 0 Å². The van der Waals surface area contributed by atoms with Crippen LogP contribution in [0.3, 0.4) is 0 Å². The number of aliphatic carboxylic acids is 1. The molecule has 1 atom stereocenters. The lowest BCUT2D eigenvalue weighted by atomic mass is 9.77. The Morgan fingerprint density at radius 3 is 2.44 bits per heavy atom. The van der Waals surface area contributed by atoms with Crippen LogP contribution < -0.4 is 5.73 Å². The van der Waals surface area contributed by atoms with E-state index in [0.717, 1.165) is 38.0 Å². The molecule has 106 valence electrons. The smallest absolute Gasteiger partial charge is 0.332 e. The van der Waals surface area contributed by atoms with Gasteiger partial charge >= 0.3 is 5.97 Å². The van der Waals surface area contributed by atoms with E-state index in [4.69, 9.17) is 10.5 Å². The molecule has 1 fully saturated rings. The van der Waals surface area contributed by atoms with Gasteiger partial charge in [0.1, 0.15) is 0 Å². The Kier molecular flexibility index (Phi) is 6.09. The van der Waals surface area contributed by atoms with Crippen LogP contribution >= 0.6 is 0 Å². The molecule has 4 nitrogen and oxygen atoms in total. The van der Waals surface area contributed by atoms with Crippen molar-refractivity contribution in [3.8, 4) is 0 Å². The van der Waals surface area contributed by atoms with E-state index in [2.05, 4.69) is 6.92 Å². The molecule has 0 heterocycles. The molecule has 0 spiro atoms. The van der Waals surface area contributed by atoms with E-state index >= 15 is 0 Å². The highest BCUT2D eigenvalue weighted by atomic mass is 16.5. The first-order valence-electron chi connectivity index (χ1n) is 7.17. The zero-order valence-corrected chi connectivity index (χ0v) is 11.7. The second-order valence-electron chi connectivity index (χ2n) is 5.47. The Bertz CT molecular complexity index is 260. The van der Waals surface area contributed by atoms with Crippen LogP contribution in [-0.4, -0.2) is 29.3 Å². The van der Waals surface area contributed by atoms with Crippen molar-refractivity contribution in [1.29, 1.82) is 0 Å². The summed E-state index contributed by atoms with van der Waals surface area (Å²) < 4.78 is 5.90. The second-order valence-corrected chi connectivity index (χ2v) is 5.47. The van der Waals surface area contributed by atoms with Gasteiger partial charge in [0.2, 0.25) is 0 Å². The number of hydrogen-bond donors (Lipinski definition) is 2. The summed E-state index contributed by atoms with van der Waals surface area (Å²) in [6, 6.07) is 0. The number of nitrogens with two attached hydrogens (primary N) is 1. The minimum Gasteiger partial charge on any atom is -0.479 e. The van der Waals surface area contributed by atoms with Crippen molar-refractivity contribution in [2.24, 2.45) is 11.7 Å². The third-order valence-corrected chi connectivity index (χ3v) is 4.18. The number of ether oxygens (including phenoxy) is 1. The van der Waals surface area contributed by atoms with Crippen LogP contribution in [0.1, 0.15) is 58.8 Å². The fourth-order valence-electron chi connectivity index (χ4n) is 2.78. The SMILES string of the molecule is CCCC(OC1(CN)CCC(CC)CC1)C(=O)O. The molecule has 4 heteroatoms. The van der Waals surface area contributed by atoms with Crippen LogP contribution in [0, 0.1) is 5.92 Å². The Balaban J connectivity index is 2.62. The molecule has 0 saturated heterocycles. The fraction of sp³-hybridized carbons (Fsp3) is 0.929. The second kappa shape index (κ2) is 7.10. The van der Waals surface area contributed by atoms with Gasteiger partial charge in [-0.2, -0.15) is 0 Å². The summed E-state index contributed by atoms with van der Waals surface area (Å²) in [6.45, 7) is 4.61. The van der Waals surface area contributed by atoms with E-state index in [-0.39, 0.29) is 0 Å². The highest BCUT2D eigenvalue weighted by molar-refractivity contribution is 5.72. The summed E-state index contributed by atoms with van der Waals surface area (Å²) in [5, 5.41) is 9.18. The lowest BCUT2D eigenvalue weighted by Gasteiger charge is -2.40. The molecule has 0 aliphatic heterocycles. The minimum absolute atomic E-state index is 0.399. The summed E-state index contributed by atoms with van der Waals surface area (Å²) in [5.74, 6) is -0.106. The maximum Gasteiger partial charge on any atom is 0.332 e. The van der Waals surface area contributed by atoms with Gasteiger partial charge in [-0.15, -0.1) is 0 Å². The van der Waals surface area contributed by atoms with Crippen LogP contribution in [-0.2, 0) is 9.53 Å². The van der Waals surface area contributed by atoms with Gasteiger partial charge in [-0.1, -0.05) is 26.7 Å². The molecule has 0 aromatic rings. The molecule has 0 amide bonds. The highest BCUT2D eigenvalue weighted by Crippen LogP contribution is 2.36. The van der Waals surface area contributed by atoms with Gasteiger partial charge in [-0.05, 0) is 38.0 Å². The molecule has 0 radical (unpaired) electrons. The van der Waals surface area contributed by atoms with Crippen molar-refractivity contribution in [3.63, 3.8) is 0 Å². The normalized spacial score (nSPS) is 30.1. The molecule has 1 aliphatic rings. The molecule has 18 heavy (non-hydrogen) atoms. The number of carbonyl (C=O) groups is 1. The number of hydrogen-bond acceptors (Lipinski definition) is 3. The topological polar surface area (TPSA) is 72.5 Å². The molecular formula is C14H27NO3. The van der Waals surface area contributed by atoms with E-state index in [0.29, 0.717) is 13.0 Å². The van der Waals surface area contributed by atoms with E-state index in [9.17, 15) is 9.90 Å². The van der Waals surface area contributed by atoms with Crippen LogP contribution in [0.15, 0.2) is 0 Å². The van der Waals surface area contributed by atoms with Gasteiger partial charge in [0, 0.05) is 6.54 Å². The van der Waals surface area contributed by atoms with Crippen LogP contribution in [0.25, 0.3) is 0 Å². The number of carboxylic acid groups (broad SMARTS) is 1. The summed E-state index contributed by atoms with van der Waals surface area (Å²) in [5.41, 5.74) is 5.45. The summed E-state index contributed by atoms with van der Waals surface area (Å²) in [7, 11) is 0. The molecular weight excluding hydrogens is 230 g/mol. The van der Waals surface area contributed by atoms with Gasteiger partial charge in [-0.25, -0.2) is 4.79 Å². The van der Waals surface area contributed by atoms with Gasteiger partial charge in [0.05, 0.1) is 5.60 Å². The van der Waals surface area contributed by atoms with Crippen molar-refractivity contribution < 1.29 is 14.6 Å². The lowest BCUT2D eigenvalue weighted by Crippen LogP contribution is -2.48. The third-order valence-electron chi connectivity index (χ3n) is 4.18. The quantitative estimate of drug-likeness (QED) is 0.735. The predicted octanol–water partition coefficient (Wildman–Crippen LogP) is 2.55. The first-order chi connectivity index (χ1) is 8.56. The van der Waals surface area contributed by atoms with Crippen molar-refractivity contribution in [3.05, 3.63) is 0 Å². The molecule has 0 aromatic carbocycles. The molecule has 1 aliphatic carbocycles. The van der Waals surface area contributed by atoms with E-state index < -0.39 is 17.7 Å². The third kappa shape index (κ3) is 3.95. The zero-order chi connectivity index (χ0) is 13.6. The van der Waals surface area contributed by atoms with Crippen LogP contribution in [0.2, 0.25) is 0 Å². The number of rotatable bonds is 7. The van der Waals surface area contributed by atoms with E-state index in [1.165, 1.54) is 6.42 Å². The van der Waals surface area contributed by atoms with Crippen molar-refractivity contribution >= 4 is 5.97 Å². The average molecular weight is 257 g/mol. The van der Waals surface area contributed by atoms with Gasteiger partial charge in [0.15, 0.2) is 6.10 Å². The zero-order valence-electron chi connectivity index (χ0n) is 11.7. The maximum absolute atomic E-state index is 11.2.